The first-order chi connectivity index (χ1) is 14.2. The van der Waals surface area contributed by atoms with Gasteiger partial charge in [0, 0.05) is 21.7 Å². The summed E-state index contributed by atoms with van der Waals surface area (Å²) in [4.78, 5) is 44.3. The number of carbonyl (C=O) groups excluding carboxylic acids is 3. The number of nitrogens with zero attached hydrogens (tertiary/aromatic N) is 1. The van der Waals surface area contributed by atoms with Crippen molar-refractivity contribution >= 4 is 40.7 Å². The molecule has 2 heterocycles. The van der Waals surface area contributed by atoms with E-state index in [1.165, 1.54) is 25.4 Å². The molecule has 0 aliphatic rings. The minimum Gasteiger partial charge on any atom is -0.465 e. The fourth-order valence-electron chi connectivity index (χ4n) is 2.97. The van der Waals surface area contributed by atoms with Crippen molar-refractivity contribution in [3.8, 4) is 10.6 Å². The molecule has 0 spiro atoms. The molecule has 1 atom stereocenters. The van der Waals surface area contributed by atoms with Crippen molar-refractivity contribution in [3.05, 3.63) is 62.9 Å². The van der Waals surface area contributed by atoms with E-state index in [1.807, 2.05) is 0 Å². The van der Waals surface area contributed by atoms with Crippen molar-refractivity contribution < 1.29 is 23.9 Å². The molecule has 9 heteroatoms. The Morgan fingerprint density at radius 1 is 1.13 bits per heavy atom. The standard InChI is InChI=1S/C21H19ClN2O5S/c1-10-16(21(27)28-4)11(2)23-17(10)18(25)12(3)29-20(26)15-9-30-19(24-15)13-5-7-14(22)8-6-13/h5-9,12,23H,1-4H3. The number of ether oxygens (including phenoxy) is 2. The van der Waals surface area contributed by atoms with Crippen molar-refractivity contribution in [2.75, 3.05) is 7.11 Å². The number of methoxy groups -OCH3 is 1. The van der Waals surface area contributed by atoms with Gasteiger partial charge in [0.05, 0.1) is 18.4 Å². The lowest BCUT2D eigenvalue weighted by molar-refractivity contribution is 0.0312. The molecule has 1 aromatic carbocycles. The van der Waals surface area contributed by atoms with Gasteiger partial charge in [-0.3, -0.25) is 4.79 Å². The van der Waals surface area contributed by atoms with Crippen molar-refractivity contribution in [2.24, 2.45) is 0 Å². The van der Waals surface area contributed by atoms with Crippen molar-refractivity contribution in [1.82, 2.24) is 9.97 Å². The van der Waals surface area contributed by atoms with E-state index in [-0.39, 0.29) is 11.4 Å². The minimum absolute atomic E-state index is 0.110. The van der Waals surface area contributed by atoms with Crippen LogP contribution in [0.3, 0.4) is 0 Å². The summed E-state index contributed by atoms with van der Waals surface area (Å²) in [6, 6.07) is 7.08. The second-order valence-electron chi connectivity index (χ2n) is 6.57. The number of ketones is 1. The summed E-state index contributed by atoms with van der Waals surface area (Å²) in [7, 11) is 1.27. The van der Waals surface area contributed by atoms with Crippen molar-refractivity contribution in [1.29, 1.82) is 0 Å². The Morgan fingerprint density at radius 3 is 2.43 bits per heavy atom. The molecule has 0 radical (unpaired) electrons. The summed E-state index contributed by atoms with van der Waals surface area (Å²) in [6.45, 7) is 4.77. The monoisotopic (exact) mass is 446 g/mol. The van der Waals surface area contributed by atoms with Gasteiger partial charge >= 0.3 is 11.9 Å². The van der Waals surface area contributed by atoms with E-state index in [2.05, 4.69) is 9.97 Å². The maximum Gasteiger partial charge on any atom is 0.358 e. The predicted octanol–water partition coefficient (Wildman–Crippen LogP) is 4.62. The van der Waals surface area contributed by atoms with Crippen LogP contribution in [0.5, 0.6) is 0 Å². The molecule has 0 aliphatic carbocycles. The number of benzene rings is 1. The van der Waals surface area contributed by atoms with Gasteiger partial charge in [0.15, 0.2) is 11.8 Å². The average Bonchev–Trinajstić information content (AvgIpc) is 3.32. The molecule has 1 N–H and O–H groups in total. The van der Waals surface area contributed by atoms with Crippen LogP contribution in [0.25, 0.3) is 10.6 Å². The van der Waals surface area contributed by atoms with E-state index in [0.717, 1.165) is 5.56 Å². The molecular formula is C21H19ClN2O5S. The number of nitrogens with one attached hydrogen (secondary N) is 1. The molecule has 3 aromatic rings. The molecule has 0 amide bonds. The van der Waals surface area contributed by atoms with Crippen LogP contribution in [-0.4, -0.2) is 40.9 Å². The van der Waals surface area contributed by atoms with E-state index >= 15 is 0 Å². The van der Waals surface area contributed by atoms with E-state index in [9.17, 15) is 14.4 Å². The summed E-state index contributed by atoms with van der Waals surface area (Å²) in [5.41, 5.74) is 2.39. The van der Waals surface area contributed by atoms with Gasteiger partial charge in [0.25, 0.3) is 0 Å². The van der Waals surface area contributed by atoms with Gasteiger partial charge in [0.1, 0.15) is 5.01 Å². The molecule has 0 fully saturated rings. The van der Waals surface area contributed by atoms with E-state index in [1.54, 1.807) is 43.5 Å². The normalized spacial score (nSPS) is 11.8. The lowest BCUT2D eigenvalue weighted by Gasteiger charge is -2.11. The van der Waals surface area contributed by atoms with Crippen LogP contribution < -0.4 is 0 Å². The number of hydrogen-bond acceptors (Lipinski definition) is 7. The Labute approximate surface area is 182 Å². The molecule has 7 nitrogen and oxygen atoms in total. The molecule has 156 valence electrons. The number of aromatic amines is 1. The molecule has 0 saturated carbocycles. The highest BCUT2D eigenvalue weighted by Crippen LogP contribution is 2.26. The number of halogens is 1. The minimum atomic E-state index is -1.07. The van der Waals surface area contributed by atoms with Crippen LogP contribution >= 0.6 is 22.9 Å². The highest BCUT2D eigenvalue weighted by atomic mass is 35.5. The topological polar surface area (TPSA) is 98.4 Å². The largest absolute Gasteiger partial charge is 0.465 e. The van der Waals surface area contributed by atoms with Crippen LogP contribution in [-0.2, 0) is 9.47 Å². The number of aryl methyl sites for hydroxylation is 1. The number of Topliss-reactive ketones (excluding diaryl/α,β-unsaturated/α-hetero) is 1. The highest BCUT2D eigenvalue weighted by molar-refractivity contribution is 7.13. The maximum absolute atomic E-state index is 12.8. The summed E-state index contributed by atoms with van der Waals surface area (Å²) in [6.07, 6.45) is -1.07. The smallest absolute Gasteiger partial charge is 0.358 e. The van der Waals surface area contributed by atoms with Gasteiger partial charge < -0.3 is 14.5 Å². The first-order valence-corrected chi connectivity index (χ1v) is 10.2. The lowest BCUT2D eigenvalue weighted by Crippen LogP contribution is -2.25. The summed E-state index contributed by atoms with van der Waals surface area (Å²) in [5, 5.41) is 2.81. The Morgan fingerprint density at radius 2 is 1.80 bits per heavy atom. The number of carbonyl (C=O) groups is 3. The van der Waals surface area contributed by atoms with Gasteiger partial charge in [0.2, 0.25) is 5.78 Å². The van der Waals surface area contributed by atoms with Gasteiger partial charge in [-0.05, 0) is 38.5 Å². The van der Waals surface area contributed by atoms with Crippen LogP contribution in [0, 0.1) is 13.8 Å². The lowest BCUT2D eigenvalue weighted by atomic mass is 10.1. The number of H-pyrrole nitrogens is 1. The number of aromatic nitrogens is 2. The third-order valence-electron chi connectivity index (χ3n) is 4.53. The van der Waals surface area contributed by atoms with Gasteiger partial charge in [-0.1, -0.05) is 23.7 Å². The Hall–Kier alpha value is -2.97. The van der Waals surface area contributed by atoms with Gasteiger partial charge in [-0.2, -0.15) is 0 Å². The highest BCUT2D eigenvalue weighted by Gasteiger charge is 2.28. The number of thiazole rings is 1. The molecule has 3 rings (SSSR count). The first kappa shape index (κ1) is 21.7. The molecule has 2 aromatic heterocycles. The van der Waals surface area contributed by atoms with Gasteiger partial charge in [-0.15, -0.1) is 11.3 Å². The second-order valence-corrected chi connectivity index (χ2v) is 7.87. The zero-order valence-corrected chi connectivity index (χ0v) is 18.3. The fourth-order valence-corrected chi connectivity index (χ4v) is 3.90. The third kappa shape index (κ3) is 4.29. The Bertz CT molecular complexity index is 1120. The number of hydrogen-bond donors (Lipinski definition) is 1. The van der Waals surface area contributed by atoms with E-state index in [0.29, 0.717) is 26.9 Å². The zero-order valence-electron chi connectivity index (χ0n) is 16.7. The molecule has 0 saturated heterocycles. The SMILES string of the molecule is COC(=O)c1c(C)[nH]c(C(=O)C(C)OC(=O)c2csc(-c3ccc(Cl)cc3)n2)c1C. The fraction of sp³-hybridized carbons (Fsp3) is 0.238. The van der Waals surface area contributed by atoms with E-state index < -0.39 is 23.8 Å². The quantitative estimate of drug-likeness (QED) is 0.438. The van der Waals surface area contributed by atoms with Crippen LogP contribution in [0.4, 0.5) is 0 Å². The zero-order chi connectivity index (χ0) is 22.0. The number of esters is 2. The second kappa shape index (κ2) is 8.81. The van der Waals surface area contributed by atoms with Crippen LogP contribution in [0.2, 0.25) is 5.02 Å². The van der Waals surface area contributed by atoms with Crippen LogP contribution in [0.15, 0.2) is 29.6 Å². The summed E-state index contributed by atoms with van der Waals surface area (Å²) in [5.74, 6) is -1.70. The average molecular weight is 447 g/mol. The molecule has 30 heavy (non-hydrogen) atoms. The van der Waals surface area contributed by atoms with Crippen molar-refractivity contribution in [2.45, 2.75) is 26.9 Å². The first-order valence-electron chi connectivity index (χ1n) is 8.97. The summed E-state index contributed by atoms with van der Waals surface area (Å²) >= 11 is 7.17. The Kier molecular flexibility index (Phi) is 6.38. The Balaban J connectivity index is 1.74. The third-order valence-corrected chi connectivity index (χ3v) is 5.67. The summed E-state index contributed by atoms with van der Waals surface area (Å²) < 4.78 is 10.1. The molecule has 1 unspecified atom stereocenters. The molecule has 0 bridgehead atoms. The maximum atomic E-state index is 12.8. The molecular weight excluding hydrogens is 428 g/mol. The van der Waals surface area contributed by atoms with E-state index in [4.69, 9.17) is 21.1 Å². The van der Waals surface area contributed by atoms with Crippen molar-refractivity contribution in [3.63, 3.8) is 0 Å². The predicted molar refractivity (Wildman–Crippen MR) is 113 cm³/mol. The molecule has 0 aliphatic heterocycles. The van der Waals surface area contributed by atoms with Gasteiger partial charge in [-0.25, -0.2) is 14.6 Å². The number of rotatable bonds is 6. The van der Waals surface area contributed by atoms with Crippen LogP contribution in [0.1, 0.15) is 49.5 Å².